The van der Waals surface area contributed by atoms with Gasteiger partial charge in [-0.15, -0.1) is 0 Å². The molecule has 0 amide bonds. The van der Waals surface area contributed by atoms with Crippen LogP contribution in [0.25, 0.3) is 0 Å². The molecule has 3 atom stereocenters. The fraction of sp³-hybridized carbons (Fsp3) is 1.00. The molecule has 2 saturated heterocycles. The summed E-state index contributed by atoms with van der Waals surface area (Å²) in [5.41, 5.74) is 0.515. The van der Waals surface area contributed by atoms with Crippen LogP contribution in [0.2, 0.25) is 0 Å². The number of nitrogens with one attached hydrogen (secondary N) is 2. The van der Waals surface area contributed by atoms with Crippen LogP contribution in [-0.4, -0.2) is 38.9 Å². The molecule has 0 spiro atoms. The molecule has 2 rings (SSSR count). The molecular weight excluding hydrogens is 212 g/mol. The minimum absolute atomic E-state index is 0.502. The van der Waals surface area contributed by atoms with Crippen molar-refractivity contribution >= 4 is 0 Å². The van der Waals surface area contributed by atoms with Crippen molar-refractivity contribution in [2.45, 2.75) is 45.6 Å². The van der Waals surface area contributed by atoms with Gasteiger partial charge >= 0.3 is 0 Å². The summed E-state index contributed by atoms with van der Waals surface area (Å²) in [5.74, 6) is 0.739. The predicted molar refractivity (Wildman–Crippen MR) is 71.2 cm³/mol. The van der Waals surface area contributed by atoms with Crippen LogP contribution in [0.15, 0.2) is 0 Å². The van der Waals surface area contributed by atoms with Crippen molar-refractivity contribution in [1.29, 1.82) is 0 Å². The fourth-order valence-electron chi connectivity index (χ4n) is 3.27. The minimum atomic E-state index is 0.502. The lowest BCUT2D eigenvalue weighted by molar-refractivity contribution is 0.0864. The van der Waals surface area contributed by atoms with Gasteiger partial charge in [0.2, 0.25) is 0 Å². The molecule has 17 heavy (non-hydrogen) atoms. The van der Waals surface area contributed by atoms with E-state index in [9.17, 15) is 0 Å². The van der Waals surface area contributed by atoms with Crippen LogP contribution < -0.4 is 10.6 Å². The van der Waals surface area contributed by atoms with Crippen LogP contribution in [0.4, 0.5) is 0 Å². The zero-order valence-corrected chi connectivity index (χ0v) is 11.4. The number of ether oxygens (including phenoxy) is 1. The maximum Gasteiger partial charge on any atom is 0.0613 e. The Bertz CT molecular complexity index is 226. The first-order valence-electron chi connectivity index (χ1n) is 7.33. The molecule has 0 radical (unpaired) electrons. The molecule has 0 saturated carbocycles. The van der Waals surface area contributed by atoms with Gasteiger partial charge in [-0.25, -0.2) is 0 Å². The van der Waals surface area contributed by atoms with Crippen molar-refractivity contribution in [2.24, 2.45) is 11.3 Å². The summed E-state index contributed by atoms with van der Waals surface area (Å²) in [6, 6.07) is 0. The molecule has 2 aliphatic heterocycles. The van der Waals surface area contributed by atoms with Crippen molar-refractivity contribution in [1.82, 2.24) is 10.6 Å². The molecule has 3 nitrogen and oxygen atoms in total. The van der Waals surface area contributed by atoms with Crippen LogP contribution in [0, 0.1) is 11.3 Å². The first-order valence-corrected chi connectivity index (χ1v) is 7.33. The Hall–Kier alpha value is -0.120. The summed E-state index contributed by atoms with van der Waals surface area (Å²) in [4.78, 5) is 0. The van der Waals surface area contributed by atoms with E-state index < -0.39 is 0 Å². The van der Waals surface area contributed by atoms with Crippen molar-refractivity contribution < 1.29 is 4.74 Å². The zero-order valence-electron chi connectivity index (χ0n) is 11.4. The summed E-state index contributed by atoms with van der Waals surface area (Å²) in [6.45, 7) is 10.2. The standard InChI is InChI=1S/C14H28N2O/c1-3-13-12(5-8-17-13)9-16-11-14(4-2)6-7-15-10-14/h12-13,15-16H,3-11H2,1-2H3. The van der Waals surface area contributed by atoms with Crippen LogP contribution in [-0.2, 0) is 4.74 Å². The molecular formula is C14H28N2O. The highest BCUT2D eigenvalue weighted by atomic mass is 16.5. The molecule has 0 aromatic rings. The SMILES string of the molecule is CCC1OCCC1CNCC1(CC)CCNC1. The zero-order chi connectivity index (χ0) is 12.1. The Morgan fingerprint density at radius 1 is 1.41 bits per heavy atom. The predicted octanol–water partition coefficient (Wildman–Crippen LogP) is 1.78. The molecule has 2 fully saturated rings. The highest BCUT2D eigenvalue weighted by Gasteiger charge is 2.32. The lowest BCUT2D eigenvalue weighted by Gasteiger charge is -2.28. The van der Waals surface area contributed by atoms with E-state index in [1.165, 1.54) is 38.9 Å². The third kappa shape index (κ3) is 3.21. The number of rotatable bonds is 6. The monoisotopic (exact) mass is 240 g/mol. The minimum Gasteiger partial charge on any atom is -0.378 e. The van der Waals surface area contributed by atoms with Gasteiger partial charge in [-0.1, -0.05) is 13.8 Å². The van der Waals surface area contributed by atoms with E-state index in [-0.39, 0.29) is 0 Å². The first-order chi connectivity index (χ1) is 8.29. The highest BCUT2D eigenvalue weighted by Crippen LogP contribution is 2.29. The van der Waals surface area contributed by atoms with E-state index in [1.807, 2.05) is 0 Å². The molecule has 0 bridgehead atoms. The van der Waals surface area contributed by atoms with Gasteiger partial charge in [0.25, 0.3) is 0 Å². The van der Waals surface area contributed by atoms with Gasteiger partial charge in [-0.05, 0) is 43.6 Å². The number of hydrogen-bond donors (Lipinski definition) is 2. The smallest absolute Gasteiger partial charge is 0.0613 e. The Morgan fingerprint density at radius 2 is 2.29 bits per heavy atom. The van der Waals surface area contributed by atoms with Gasteiger partial charge in [0, 0.05) is 26.2 Å². The van der Waals surface area contributed by atoms with Crippen LogP contribution >= 0.6 is 0 Å². The third-order valence-electron chi connectivity index (χ3n) is 4.74. The van der Waals surface area contributed by atoms with E-state index in [1.54, 1.807) is 0 Å². The van der Waals surface area contributed by atoms with Gasteiger partial charge in [0.05, 0.1) is 6.10 Å². The van der Waals surface area contributed by atoms with Crippen molar-refractivity contribution in [3.63, 3.8) is 0 Å². The second-order valence-electron chi connectivity index (χ2n) is 5.78. The lowest BCUT2D eigenvalue weighted by atomic mass is 9.84. The van der Waals surface area contributed by atoms with Gasteiger partial charge in [-0.3, -0.25) is 0 Å². The first kappa shape index (κ1) is 13.3. The second-order valence-corrected chi connectivity index (χ2v) is 5.78. The molecule has 0 aromatic carbocycles. The molecule has 0 aliphatic carbocycles. The summed E-state index contributed by atoms with van der Waals surface area (Å²) in [6.07, 6.45) is 5.51. The topological polar surface area (TPSA) is 33.3 Å². The van der Waals surface area contributed by atoms with E-state index >= 15 is 0 Å². The van der Waals surface area contributed by atoms with Gasteiger partial charge in [0.1, 0.15) is 0 Å². The van der Waals surface area contributed by atoms with Crippen molar-refractivity contribution in [2.75, 3.05) is 32.8 Å². The second kappa shape index (κ2) is 6.17. The summed E-state index contributed by atoms with van der Waals surface area (Å²) < 4.78 is 5.74. The number of hydrogen-bond acceptors (Lipinski definition) is 3. The Morgan fingerprint density at radius 3 is 2.94 bits per heavy atom. The third-order valence-corrected chi connectivity index (χ3v) is 4.74. The fourth-order valence-corrected chi connectivity index (χ4v) is 3.27. The summed E-state index contributed by atoms with van der Waals surface area (Å²) in [7, 11) is 0. The van der Waals surface area contributed by atoms with E-state index in [0.717, 1.165) is 25.5 Å². The average Bonchev–Trinajstić information content (AvgIpc) is 2.98. The lowest BCUT2D eigenvalue weighted by Crippen LogP contribution is -2.39. The molecule has 100 valence electrons. The molecule has 2 N–H and O–H groups in total. The van der Waals surface area contributed by atoms with Crippen molar-refractivity contribution in [3.05, 3.63) is 0 Å². The Labute approximate surface area is 106 Å². The van der Waals surface area contributed by atoms with Gasteiger partial charge in [0.15, 0.2) is 0 Å². The molecule has 0 aromatic heterocycles. The van der Waals surface area contributed by atoms with Crippen LogP contribution in [0.3, 0.4) is 0 Å². The maximum absolute atomic E-state index is 5.74. The van der Waals surface area contributed by atoms with Crippen LogP contribution in [0.5, 0.6) is 0 Å². The normalized spacial score (nSPS) is 37.8. The molecule has 2 heterocycles. The van der Waals surface area contributed by atoms with Crippen molar-refractivity contribution in [3.8, 4) is 0 Å². The molecule has 2 aliphatic rings. The highest BCUT2D eigenvalue weighted by molar-refractivity contribution is 4.89. The van der Waals surface area contributed by atoms with Gasteiger partial charge in [-0.2, -0.15) is 0 Å². The summed E-state index contributed by atoms with van der Waals surface area (Å²) in [5, 5.41) is 7.20. The maximum atomic E-state index is 5.74. The Kier molecular flexibility index (Phi) is 4.83. The largest absolute Gasteiger partial charge is 0.378 e. The summed E-state index contributed by atoms with van der Waals surface area (Å²) >= 11 is 0. The average molecular weight is 240 g/mol. The van der Waals surface area contributed by atoms with E-state index in [4.69, 9.17) is 4.74 Å². The molecule has 3 unspecified atom stereocenters. The quantitative estimate of drug-likeness (QED) is 0.742. The van der Waals surface area contributed by atoms with Gasteiger partial charge < -0.3 is 15.4 Å². The molecule has 3 heteroatoms. The van der Waals surface area contributed by atoms with Crippen LogP contribution in [0.1, 0.15) is 39.5 Å². The van der Waals surface area contributed by atoms with E-state index in [2.05, 4.69) is 24.5 Å². The Balaban J connectivity index is 1.71. The van der Waals surface area contributed by atoms with E-state index in [0.29, 0.717) is 11.5 Å².